The molecule has 0 unspecified atom stereocenters. The number of rotatable bonds is 5. The van der Waals surface area contributed by atoms with Crippen molar-refractivity contribution in [2.24, 2.45) is 0 Å². The van der Waals surface area contributed by atoms with Gasteiger partial charge in [0.15, 0.2) is 0 Å². The minimum Gasteiger partial charge on any atom is -0.331 e. The van der Waals surface area contributed by atoms with E-state index < -0.39 is 18.3 Å². The number of alkyl halides is 4. The standard InChI is InChI=1S/C17H15F4NO/c18-15(17(19,20)21)16(23)22(11-13-7-3-1-4-8-13)12-14-9-5-2-6-10-14/h1-10,15H,11-12H2/t15-/m1/s1. The van der Waals surface area contributed by atoms with Crippen molar-refractivity contribution in [3.8, 4) is 0 Å². The first-order chi connectivity index (χ1) is 10.9. The second kappa shape index (κ2) is 7.26. The number of nitrogens with zero attached hydrogens (tertiary/aromatic N) is 1. The molecule has 1 atom stereocenters. The molecule has 0 radical (unpaired) electrons. The van der Waals surface area contributed by atoms with Crippen LogP contribution in [0.2, 0.25) is 0 Å². The summed E-state index contributed by atoms with van der Waals surface area (Å²) >= 11 is 0. The van der Waals surface area contributed by atoms with Gasteiger partial charge in [-0.2, -0.15) is 13.2 Å². The summed E-state index contributed by atoms with van der Waals surface area (Å²) in [4.78, 5) is 12.8. The number of carbonyl (C=O) groups is 1. The molecule has 0 spiro atoms. The van der Waals surface area contributed by atoms with Gasteiger partial charge in [0.05, 0.1) is 0 Å². The minimum absolute atomic E-state index is 0.0922. The van der Waals surface area contributed by atoms with Crippen LogP contribution in [0.1, 0.15) is 11.1 Å². The third-order valence-electron chi connectivity index (χ3n) is 3.25. The van der Waals surface area contributed by atoms with E-state index in [1.54, 1.807) is 60.7 Å². The topological polar surface area (TPSA) is 20.3 Å². The Kier molecular flexibility index (Phi) is 5.36. The van der Waals surface area contributed by atoms with Crippen LogP contribution in [0, 0.1) is 0 Å². The second-order valence-electron chi connectivity index (χ2n) is 5.07. The summed E-state index contributed by atoms with van der Waals surface area (Å²) < 4.78 is 51.0. The third kappa shape index (κ3) is 4.81. The maximum atomic E-state index is 13.4. The van der Waals surface area contributed by atoms with Crippen LogP contribution in [0.25, 0.3) is 0 Å². The van der Waals surface area contributed by atoms with E-state index in [4.69, 9.17) is 0 Å². The summed E-state index contributed by atoms with van der Waals surface area (Å²) in [6, 6.07) is 17.0. The summed E-state index contributed by atoms with van der Waals surface area (Å²) in [7, 11) is 0. The van der Waals surface area contributed by atoms with Crippen LogP contribution in [0.4, 0.5) is 17.6 Å². The van der Waals surface area contributed by atoms with Crippen LogP contribution < -0.4 is 0 Å². The van der Waals surface area contributed by atoms with Crippen LogP contribution in [0.5, 0.6) is 0 Å². The number of carbonyl (C=O) groups excluding carboxylic acids is 1. The Bertz CT molecular complexity index is 587. The summed E-state index contributed by atoms with van der Waals surface area (Å²) in [6.07, 6.45) is -8.72. The predicted octanol–water partition coefficient (Wildman–Crippen LogP) is 4.12. The molecule has 23 heavy (non-hydrogen) atoms. The van der Waals surface area contributed by atoms with E-state index in [1.165, 1.54) is 0 Å². The molecule has 0 aliphatic carbocycles. The highest BCUT2D eigenvalue weighted by Gasteiger charge is 2.47. The Morgan fingerprint density at radius 3 is 1.61 bits per heavy atom. The van der Waals surface area contributed by atoms with E-state index in [1.807, 2.05) is 0 Å². The molecular formula is C17H15F4NO. The van der Waals surface area contributed by atoms with E-state index in [0.29, 0.717) is 11.1 Å². The van der Waals surface area contributed by atoms with Gasteiger partial charge in [-0.15, -0.1) is 0 Å². The molecule has 0 aliphatic heterocycles. The Labute approximate surface area is 131 Å². The van der Waals surface area contributed by atoms with Crippen molar-refractivity contribution in [1.82, 2.24) is 4.90 Å². The third-order valence-corrected chi connectivity index (χ3v) is 3.25. The van der Waals surface area contributed by atoms with E-state index in [2.05, 4.69) is 0 Å². The predicted molar refractivity (Wildman–Crippen MR) is 78.1 cm³/mol. The zero-order chi connectivity index (χ0) is 16.9. The fourth-order valence-electron chi connectivity index (χ4n) is 2.12. The van der Waals surface area contributed by atoms with Crippen molar-refractivity contribution < 1.29 is 22.4 Å². The SMILES string of the molecule is O=C([C@@H](F)C(F)(F)F)N(Cc1ccccc1)Cc1ccccc1. The van der Waals surface area contributed by atoms with Gasteiger partial charge < -0.3 is 4.90 Å². The summed E-state index contributed by atoms with van der Waals surface area (Å²) in [5.74, 6) is -1.58. The average molecular weight is 325 g/mol. The minimum atomic E-state index is -5.21. The lowest BCUT2D eigenvalue weighted by Crippen LogP contribution is -2.43. The Hall–Kier alpha value is -2.37. The quantitative estimate of drug-likeness (QED) is 0.758. The van der Waals surface area contributed by atoms with E-state index in [-0.39, 0.29) is 13.1 Å². The van der Waals surface area contributed by atoms with Crippen LogP contribution in [0.15, 0.2) is 60.7 Å². The molecule has 2 rings (SSSR count). The molecule has 0 heterocycles. The molecule has 122 valence electrons. The molecule has 0 N–H and O–H groups in total. The van der Waals surface area contributed by atoms with Gasteiger partial charge in [0.25, 0.3) is 12.1 Å². The zero-order valence-electron chi connectivity index (χ0n) is 12.1. The highest BCUT2D eigenvalue weighted by atomic mass is 19.4. The van der Waals surface area contributed by atoms with Gasteiger partial charge in [-0.25, -0.2) is 4.39 Å². The Morgan fingerprint density at radius 2 is 1.26 bits per heavy atom. The van der Waals surface area contributed by atoms with Gasteiger partial charge in [-0.1, -0.05) is 60.7 Å². The summed E-state index contributed by atoms with van der Waals surface area (Å²) in [5.41, 5.74) is 1.26. The lowest BCUT2D eigenvalue weighted by atomic mass is 10.1. The summed E-state index contributed by atoms with van der Waals surface area (Å²) in [6.45, 7) is -0.184. The number of halogens is 4. The maximum absolute atomic E-state index is 13.4. The van der Waals surface area contributed by atoms with Crippen molar-refractivity contribution >= 4 is 5.91 Å². The number of benzene rings is 2. The zero-order valence-corrected chi connectivity index (χ0v) is 12.1. The summed E-state index contributed by atoms with van der Waals surface area (Å²) in [5, 5.41) is 0. The van der Waals surface area contributed by atoms with Gasteiger partial charge >= 0.3 is 6.18 Å². The van der Waals surface area contributed by atoms with Gasteiger partial charge in [0, 0.05) is 13.1 Å². The first-order valence-electron chi connectivity index (χ1n) is 6.95. The van der Waals surface area contributed by atoms with E-state index in [9.17, 15) is 22.4 Å². The maximum Gasteiger partial charge on any atom is 0.428 e. The average Bonchev–Trinajstić information content (AvgIpc) is 2.54. The molecule has 2 nitrogen and oxygen atoms in total. The first kappa shape index (κ1) is 17.0. The molecule has 6 heteroatoms. The highest BCUT2D eigenvalue weighted by Crippen LogP contribution is 2.25. The van der Waals surface area contributed by atoms with Crippen molar-refractivity contribution in [2.75, 3.05) is 0 Å². The Morgan fingerprint density at radius 1 is 0.870 bits per heavy atom. The van der Waals surface area contributed by atoms with Gasteiger partial charge in [-0.05, 0) is 11.1 Å². The van der Waals surface area contributed by atoms with Crippen molar-refractivity contribution in [1.29, 1.82) is 0 Å². The van der Waals surface area contributed by atoms with Crippen LogP contribution in [-0.4, -0.2) is 23.2 Å². The van der Waals surface area contributed by atoms with Crippen LogP contribution in [0.3, 0.4) is 0 Å². The lowest BCUT2D eigenvalue weighted by Gasteiger charge is -2.25. The van der Waals surface area contributed by atoms with Crippen LogP contribution in [-0.2, 0) is 17.9 Å². The number of amides is 1. The number of hydrogen-bond donors (Lipinski definition) is 0. The molecule has 0 aliphatic rings. The van der Waals surface area contributed by atoms with E-state index in [0.717, 1.165) is 4.90 Å². The van der Waals surface area contributed by atoms with Crippen molar-refractivity contribution in [3.63, 3.8) is 0 Å². The monoisotopic (exact) mass is 325 g/mol. The largest absolute Gasteiger partial charge is 0.428 e. The van der Waals surface area contributed by atoms with Gasteiger partial charge in [0.2, 0.25) is 0 Å². The molecule has 0 bridgehead atoms. The van der Waals surface area contributed by atoms with Crippen molar-refractivity contribution in [2.45, 2.75) is 25.4 Å². The fourth-order valence-corrected chi connectivity index (χ4v) is 2.12. The first-order valence-corrected chi connectivity index (χ1v) is 6.95. The smallest absolute Gasteiger partial charge is 0.331 e. The molecule has 1 amide bonds. The molecule has 2 aromatic rings. The van der Waals surface area contributed by atoms with Gasteiger partial charge in [0.1, 0.15) is 0 Å². The molecule has 0 saturated carbocycles. The lowest BCUT2D eigenvalue weighted by molar-refractivity contribution is -0.193. The molecule has 0 aromatic heterocycles. The van der Waals surface area contributed by atoms with E-state index >= 15 is 0 Å². The highest BCUT2D eigenvalue weighted by molar-refractivity contribution is 5.81. The molecule has 2 aromatic carbocycles. The van der Waals surface area contributed by atoms with Crippen LogP contribution >= 0.6 is 0 Å². The fraction of sp³-hybridized carbons (Fsp3) is 0.235. The molecular weight excluding hydrogens is 310 g/mol. The molecule has 0 fully saturated rings. The van der Waals surface area contributed by atoms with Gasteiger partial charge in [-0.3, -0.25) is 4.79 Å². The Balaban J connectivity index is 2.22. The second-order valence-corrected chi connectivity index (χ2v) is 5.07. The van der Waals surface area contributed by atoms with Crippen molar-refractivity contribution in [3.05, 3.63) is 71.8 Å². The molecule has 0 saturated heterocycles. The number of hydrogen-bond acceptors (Lipinski definition) is 1. The normalized spacial score (nSPS) is 12.7.